The standard InChI is InChI=1S/2C4H4F5.2C4H9O.Sn/c2*5-1-2(6)3(7)4(8)9;2*1-2-3-4-5;/h2*1-4H;2*2-4H2,1H3;/q;;2*-1;+2. The fourth-order valence-electron chi connectivity index (χ4n) is 2.31. The molecule has 0 bridgehead atoms. The first kappa shape index (κ1) is 29.0. The van der Waals surface area contributed by atoms with Crippen LogP contribution in [0.1, 0.15) is 39.5 Å². The van der Waals surface area contributed by atoms with E-state index in [0.29, 0.717) is 12.8 Å². The van der Waals surface area contributed by atoms with Crippen molar-refractivity contribution in [3.05, 3.63) is 0 Å². The quantitative estimate of drug-likeness (QED) is 0.137. The summed E-state index contributed by atoms with van der Waals surface area (Å²) in [5.74, 6) is 0. The van der Waals surface area contributed by atoms with E-state index in [9.17, 15) is 43.9 Å². The zero-order valence-electron chi connectivity index (χ0n) is 16.0. The maximum absolute atomic E-state index is 14.8. The Labute approximate surface area is 168 Å². The molecule has 6 unspecified atom stereocenters. The van der Waals surface area contributed by atoms with Gasteiger partial charge in [-0.3, -0.25) is 0 Å². The van der Waals surface area contributed by atoms with E-state index in [4.69, 9.17) is 6.15 Å². The molecule has 0 saturated heterocycles. The molecule has 0 aromatic carbocycles. The minimum atomic E-state index is -6.63. The van der Waals surface area contributed by atoms with Gasteiger partial charge in [0.25, 0.3) is 0 Å². The SMILES string of the molecule is CCCC[O][Sn]([O]CCCC)([CH](F)C(F)C(F)C(F)F)[CH](F)C(F)C(F)C(F)F. The number of hydrogen-bond donors (Lipinski definition) is 0. The van der Waals surface area contributed by atoms with Crippen LogP contribution in [0.3, 0.4) is 0 Å². The first-order valence-electron chi connectivity index (χ1n) is 9.16. The average Bonchev–Trinajstić information content (AvgIpc) is 2.69. The number of hydrogen-bond acceptors (Lipinski definition) is 2. The summed E-state index contributed by atoms with van der Waals surface area (Å²) < 4.78 is 137. The second kappa shape index (κ2) is 14.2. The molecule has 0 aromatic rings. The van der Waals surface area contributed by atoms with Gasteiger partial charge in [-0.2, -0.15) is 0 Å². The van der Waals surface area contributed by atoms with Gasteiger partial charge in [0.05, 0.1) is 0 Å². The molecule has 0 saturated carbocycles. The van der Waals surface area contributed by atoms with Crippen molar-refractivity contribution < 1.29 is 50.1 Å². The Morgan fingerprint density at radius 2 is 0.862 bits per heavy atom. The molecule has 13 heteroatoms. The third-order valence-electron chi connectivity index (χ3n) is 4.07. The topological polar surface area (TPSA) is 18.5 Å². The van der Waals surface area contributed by atoms with E-state index in [1.807, 2.05) is 0 Å². The van der Waals surface area contributed by atoms with Crippen LogP contribution in [0, 0.1) is 0 Å². The normalized spacial score (nSPS) is 19.2. The van der Waals surface area contributed by atoms with E-state index >= 15 is 0 Å². The van der Waals surface area contributed by atoms with Gasteiger partial charge >= 0.3 is 168 Å². The van der Waals surface area contributed by atoms with Crippen LogP contribution in [0.15, 0.2) is 0 Å². The average molecular weight is 559 g/mol. The number of halogens is 10. The zero-order chi connectivity index (χ0) is 22.8. The molecule has 0 heterocycles. The predicted octanol–water partition coefficient (Wildman–Crippen LogP) is 5.70. The summed E-state index contributed by atoms with van der Waals surface area (Å²) in [6.07, 6.45) is -21.8. The van der Waals surface area contributed by atoms with Crippen LogP contribution < -0.4 is 0 Å². The van der Waals surface area contributed by atoms with Crippen molar-refractivity contribution in [3.63, 3.8) is 0 Å². The Bertz CT molecular complexity index is 397. The molecule has 176 valence electrons. The molecule has 0 aliphatic heterocycles. The van der Waals surface area contributed by atoms with Gasteiger partial charge in [-0.15, -0.1) is 0 Å². The molecule has 0 aliphatic rings. The molecule has 2 nitrogen and oxygen atoms in total. The summed E-state index contributed by atoms with van der Waals surface area (Å²) in [7, 11) is 0. The van der Waals surface area contributed by atoms with Crippen LogP contribution in [0.2, 0.25) is 0 Å². The summed E-state index contributed by atoms with van der Waals surface area (Å²) in [5.41, 5.74) is 0. The molecule has 0 radical (unpaired) electrons. The number of rotatable bonds is 16. The predicted molar refractivity (Wildman–Crippen MR) is 88.9 cm³/mol. The molecular formula is C16H26F10O2Sn. The van der Waals surface area contributed by atoms with Gasteiger partial charge in [0.2, 0.25) is 0 Å². The van der Waals surface area contributed by atoms with E-state index in [1.54, 1.807) is 13.8 Å². The second-order valence-electron chi connectivity index (χ2n) is 6.38. The zero-order valence-corrected chi connectivity index (χ0v) is 18.8. The molecule has 0 fully saturated rings. The van der Waals surface area contributed by atoms with Crippen molar-refractivity contribution in [3.8, 4) is 0 Å². The van der Waals surface area contributed by atoms with E-state index in [-0.39, 0.29) is 12.8 Å². The molecule has 0 N–H and O–H groups in total. The van der Waals surface area contributed by atoms with Crippen molar-refractivity contribution >= 4 is 19.2 Å². The van der Waals surface area contributed by atoms with Crippen LogP contribution in [-0.2, 0) is 6.15 Å². The van der Waals surface area contributed by atoms with Crippen LogP contribution in [0.4, 0.5) is 43.9 Å². The first-order chi connectivity index (χ1) is 13.5. The van der Waals surface area contributed by atoms with Crippen molar-refractivity contribution in [2.24, 2.45) is 0 Å². The van der Waals surface area contributed by atoms with E-state index < -0.39 is 78.3 Å². The van der Waals surface area contributed by atoms with Gasteiger partial charge < -0.3 is 0 Å². The van der Waals surface area contributed by atoms with Crippen molar-refractivity contribution in [1.29, 1.82) is 0 Å². The Balaban J connectivity index is 6.06. The first-order valence-corrected chi connectivity index (χ1v) is 14.8. The van der Waals surface area contributed by atoms with Gasteiger partial charge in [0.15, 0.2) is 0 Å². The Kier molecular flexibility index (Phi) is 14.2. The summed E-state index contributed by atoms with van der Waals surface area (Å²) in [6.45, 7) is 2.13. The summed E-state index contributed by atoms with van der Waals surface area (Å²) in [6, 6.07) is 0. The van der Waals surface area contributed by atoms with E-state index in [0.717, 1.165) is 0 Å². The molecule has 0 spiro atoms. The summed E-state index contributed by atoms with van der Waals surface area (Å²) in [4.78, 5) is 0. The molecule has 0 aromatic heterocycles. The Morgan fingerprint density at radius 1 is 0.552 bits per heavy atom. The molecule has 0 rings (SSSR count). The summed E-state index contributed by atoms with van der Waals surface area (Å²) >= 11 is -6.63. The van der Waals surface area contributed by atoms with E-state index in [2.05, 4.69) is 0 Å². The molecular weight excluding hydrogens is 533 g/mol. The van der Waals surface area contributed by atoms with Crippen LogP contribution in [-0.4, -0.2) is 78.3 Å². The van der Waals surface area contributed by atoms with Gasteiger partial charge in [-0.25, -0.2) is 0 Å². The van der Waals surface area contributed by atoms with Crippen molar-refractivity contribution in [1.82, 2.24) is 0 Å². The molecule has 0 aliphatic carbocycles. The van der Waals surface area contributed by atoms with Crippen molar-refractivity contribution in [2.45, 2.75) is 85.4 Å². The van der Waals surface area contributed by atoms with Crippen molar-refractivity contribution in [2.75, 3.05) is 13.2 Å². The van der Waals surface area contributed by atoms with Crippen LogP contribution in [0.25, 0.3) is 0 Å². The number of unbranched alkanes of at least 4 members (excludes halogenated alkanes) is 2. The van der Waals surface area contributed by atoms with Gasteiger partial charge in [-0.05, 0) is 0 Å². The van der Waals surface area contributed by atoms with E-state index in [1.165, 1.54) is 0 Å². The van der Waals surface area contributed by atoms with Gasteiger partial charge in [0.1, 0.15) is 0 Å². The fraction of sp³-hybridized carbons (Fsp3) is 1.00. The number of alkyl halides is 10. The minimum absolute atomic E-state index is 0.0882. The van der Waals surface area contributed by atoms with Gasteiger partial charge in [0, 0.05) is 0 Å². The molecule has 6 atom stereocenters. The Morgan fingerprint density at radius 3 is 1.10 bits per heavy atom. The molecule has 0 amide bonds. The maximum atomic E-state index is 14.8. The Hall–Kier alpha value is 0.0187. The third-order valence-corrected chi connectivity index (χ3v) is 14.0. The monoisotopic (exact) mass is 560 g/mol. The van der Waals surface area contributed by atoms with Crippen LogP contribution >= 0.6 is 0 Å². The van der Waals surface area contributed by atoms with Gasteiger partial charge in [-0.1, -0.05) is 0 Å². The molecule has 29 heavy (non-hydrogen) atoms. The second-order valence-corrected chi connectivity index (χ2v) is 15.3. The van der Waals surface area contributed by atoms with Crippen LogP contribution in [0.5, 0.6) is 0 Å². The fourth-order valence-corrected chi connectivity index (χ4v) is 11.5. The third kappa shape index (κ3) is 8.23. The summed E-state index contributed by atoms with van der Waals surface area (Å²) in [5, 5.41) is 0.